The van der Waals surface area contributed by atoms with E-state index in [2.05, 4.69) is 19.5 Å². The van der Waals surface area contributed by atoms with Gasteiger partial charge in [0.1, 0.15) is 5.75 Å². The van der Waals surface area contributed by atoms with Gasteiger partial charge in [0.15, 0.2) is 11.6 Å². The summed E-state index contributed by atoms with van der Waals surface area (Å²) in [6.07, 6.45) is 0. The predicted octanol–water partition coefficient (Wildman–Crippen LogP) is 4.42. The van der Waals surface area contributed by atoms with Crippen molar-refractivity contribution in [1.29, 1.82) is 0 Å². The summed E-state index contributed by atoms with van der Waals surface area (Å²) in [6, 6.07) is 21.3. The monoisotopic (exact) mass is 509 g/mol. The van der Waals surface area contributed by atoms with Crippen molar-refractivity contribution >= 4 is 50.0 Å². The van der Waals surface area contributed by atoms with Crippen molar-refractivity contribution < 1.29 is 13.2 Å². The summed E-state index contributed by atoms with van der Waals surface area (Å²) in [5.74, 6) is 1.52. The van der Waals surface area contributed by atoms with Crippen molar-refractivity contribution in [2.45, 2.75) is 4.90 Å². The van der Waals surface area contributed by atoms with Crippen LogP contribution in [0.3, 0.4) is 0 Å². The van der Waals surface area contributed by atoms with E-state index < -0.39 is 10.0 Å². The number of sulfonamides is 1. The van der Waals surface area contributed by atoms with Crippen LogP contribution in [0.1, 0.15) is 0 Å². The number of fused-ring (bicyclic) bond motifs is 1. The van der Waals surface area contributed by atoms with Crippen molar-refractivity contribution in [3.8, 4) is 5.75 Å². The van der Waals surface area contributed by atoms with Crippen LogP contribution in [0.2, 0.25) is 5.02 Å². The molecule has 0 unspecified atom stereocenters. The fraction of sp³-hybridized carbons (Fsp3) is 0.200. The van der Waals surface area contributed by atoms with E-state index in [-0.39, 0.29) is 10.7 Å². The smallest absolute Gasteiger partial charge is 0.263 e. The third kappa shape index (κ3) is 4.82. The first kappa shape index (κ1) is 23.2. The maximum atomic E-state index is 13.1. The van der Waals surface area contributed by atoms with Crippen LogP contribution in [0, 0.1) is 0 Å². The average molecular weight is 510 g/mol. The van der Waals surface area contributed by atoms with Gasteiger partial charge in [-0.2, -0.15) is 0 Å². The molecule has 8 nitrogen and oxygen atoms in total. The molecule has 0 amide bonds. The number of hydrogen-bond acceptors (Lipinski definition) is 7. The molecular formula is C25H24ClN5O3S. The standard InChI is InChI=1S/C25H24ClN5O3S/c1-34-23-9-5-4-8-22(23)30-14-16-31(17-15-30)25-24(27-20-6-2-3-7-21(20)28-25)29-35(32,33)19-12-10-18(26)11-13-19/h2-13H,14-17H2,1H3,(H,27,29). The van der Waals surface area contributed by atoms with Crippen molar-refractivity contribution in [2.24, 2.45) is 0 Å². The van der Waals surface area contributed by atoms with Crippen LogP contribution in [0.15, 0.2) is 77.7 Å². The molecule has 3 aromatic carbocycles. The zero-order chi connectivity index (χ0) is 24.4. The quantitative estimate of drug-likeness (QED) is 0.411. The van der Waals surface area contributed by atoms with Gasteiger partial charge in [0.25, 0.3) is 10.0 Å². The first-order chi connectivity index (χ1) is 16.9. The molecule has 180 valence electrons. The van der Waals surface area contributed by atoms with Gasteiger partial charge in [-0.25, -0.2) is 18.4 Å². The Morgan fingerprint density at radius 3 is 2.11 bits per heavy atom. The van der Waals surface area contributed by atoms with Crippen molar-refractivity contribution in [1.82, 2.24) is 9.97 Å². The number of aromatic nitrogens is 2. The molecule has 35 heavy (non-hydrogen) atoms. The van der Waals surface area contributed by atoms with Crippen LogP contribution in [0.4, 0.5) is 17.3 Å². The summed E-state index contributed by atoms with van der Waals surface area (Å²) in [5.41, 5.74) is 2.34. The van der Waals surface area contributed by atoms with Gasteiger partial charge in [-0.15, -0.1) is 0 Å². The average Bonchev–Trinajstić information content (AvgIpc) is 2.88. The summed E-state index contributed by atoms with van der Waals surface area (Å²) in [4.78, 5) is 13.8. The van der Waals surface area contributed by atoms with Crippen molar-refractivity contribution in [2.75, 3.05) is 47.8 Å². The maximum absolute atomic E-state index is 13.1. The van der Waals surface area contributed by atoms with E-state index in [4.69, 9.17) is 21.3 Å². The molecule has 1 fully saturated rings. The Labute approximate surface area is 209 Å². The molecule has 0 saturated carbocycles. The highest BCUT2D eigenvalue weighted by molar-refractivity contribution is 7.92. The van der Waals surface area contributed by atoms with Gasteiger partial charge < -0.3 is 14.5 Å². The third-order valence-electron chi connectivity index (χ3n) is 5.91. The van der Waals surface area contributed by atoms with Gasteiger partial charge >= 0.3 is 0 Å². The fourth-order valence-electron chi connectivity index (χ4n) is 4.13. The molecule has 10 heteroatoms. The fourth-order valence-corrected chi connectivity index (χ4v) is 5.26. The second kappa shape index (κ2) is 9.59. The number of anilines is 3. The van der Waals surface area contributed by atoms with E-state index in [0.29, 0.717) is 35.0 Å². The highest BCUT2D eigenvalue weighted by Crippen LogP contribution is 2.32. The highest BCUT2D eigenvalue weighted by atomic mass is 35.5. The lowest BCUT2D eigenvalue weighted by molar-refractivity contribution is 0.413. The Kier molecular flexibility index (Phi) is 6.36. The number of hydrogen-bond donors (Lipinski definition) is 1. The van der Waals surface area contributed by atoms with Gasteiger partial charge in [0.2, 0.25) is 0 Å². The Morgan fingerprint density at radius 1 is 0.829 bits per heavy atom. The number of piperazine rings is 1. The van der Waals surface area contributed by atoms with Crippen molar-refractivity contribution in [3.63, 3.8) is 0 Å². The number of ether oxygens (including phenoxy) is 1. The number of nitrogens with zero attached hydrogens (tertiary/aromatic N) is 4. The first-order valence-electron chi connectivity index (χ1n) is 11.1. The summed E-state index contributed by atoms with van der Waals surface area (Å²) < 4.78 is 34.4. The van der Waals surface area contributed by atoms with Gasteiger partial charge in [0, 0.05) is 31.2 Å². The molecule has 2 heterocycles. The third-order valence-corrected chi connectivity index (χ3v) is 7.52. The molecule has 5 rings (SSSR count). The van der Waals surface area contributed by atoms with E-state index in [1.165, 1.54) is 12.1 Å². The molecule has 1 aliphatic rings. The summed E-state index contributed by atoms with van der Waals surface area (Å²) >= 11 is 5.93. The molecule has 1 aromatic heterocycles. The number of methoxy groups -OCH3 is 1. The minimum Gasteiger partial charge on any atom is -0.495 e. The van der Waals surface area contributed by atoms with E-state index in [1.807, 2.05) is 48.5 Å². The lowest BCUT2D eigenvalue weighted by atomic mass is 10.2. The number of halogens is 1. The van der Waals surface area contributed by atoms with E-state index >= 15 is 0 Å². The number of benzene rings is 3. The molecule has 0 radical (unpaired) electrons. The Morgan fingerprint density at radius 2 is 1.43 bits per heavy atom. The molecule has 1 aliphatic heterocycles. The largest absolute Gasteiger partial charge is 0.495 e. The molecule has 1 N–H and O–H groups in total. The molecular weight excluding hydrogens is 486 g/mol. The van der Waals surface area contributed by atoms with E-state index in [1.54, 1.807) is 19.2 Å². The Balaban J connectivity index is 1.46. The van der Waals surface area contributed by atoms with Crippen LogP contribution in [0.25, 0.3) is 11.0 Å². The van der Waals surface area contributed by atoms with Crippen LogP contribution in [0.5, 0.6) is 5.75 Å². The van der Waals surface area contributed by atoms with Gasteiger partial charge in [0.05, 0.1) is 28.7 Å². The Hall–Kier alpha value is -3.56. The summed E-state index contributed by atoms with van der Waals surface area (Å²) in [5, 5.41) is 0.461. The molecule has 1 saturated heterocycles. The van der Waals surface area contributed by atoms with Gasteiger partial charge in [-0.1, -0.05) is 35.9 Å². The summed E-state index contributed by atoms with van der Waals surface area (Å²) in [7, 11) is -2.22. The molecule has 4 aromatic rings. The van der Waals surface area contributed by atoms with Crippen molar-refractivity contribution in [3.05, 3.63) is 77.8 Å². The van der Waals surface area contributed by atoms with E-state index in [9.17, 15) is 8.42 Å². The number of rotatable bonds is 6. The molecule has 0 spiro atoms. The predicted molar refractivity (Wildman–Crippen MR) is 139 cm³/mol. The van der Waals surface area contributed by atoms with E-state index in [0.717, 1.165) is 24.5 Å². The second-order valence-electron chi connectivity index (χ2n) is 8.09. The van der Waals surface area contributed by atoms with Crippen LogP contribution >= 0.6 is 11.6 Å². The summed E-state index contributed by atoms with van der Waals surface area (Å²) in [6.45, 7) is 2.72. The molecule has 0 aliphatic carbocycles. The maximum Gasteiger partial charge on any atom is 0.263 e. The lowest BCUT2D eigenvalue weighted by Crippen LogP contribution is -2.47. The molecule has 0 atom stereocenters. The SMILES string of the molecule is COc1ccccc1N1CCN(c2nc3ccccc3nc2NS(=O)(=O)c2ccc(Cl)cc2)CC1. The molecule has 0 bridgehead atoms. The van der Waals surface area contributed by atoms with Gasteiger partial charge in [-0.3, -0.25) is 4.72 Å². The highest BCUT2D eigenvalue weighted by Gasteiger charge is 2.26. The minimum atomic E-state index is -3.89. The lowest BCUT2D eigenvalue weighted by Gasteiger charge is -2.37. The van der Waals surface area contributed by atoms with Gasteiger partial charge in [-0.05, 0) is 48.5 Å². The van der Waals surface area contributed by atoms with Crippen LogP contribution < -0.4 is 19.3 Å². The number of para-hydroxylation sites is 4. The second-order valence-corrected chi connectivity index (χ2v) is 10.2. The first-order valence-corrected chi connectivity index (χ1v) is 13.0. The number of nitrogens with one attached hydrogen (secondary N) is 1. The Bertz CT molecular complexity index is 1460. The zero-order valence-electron chi connectivity index (χ0n) is 19.1. The zero-order valence-corrected chi connectivity index (χ0v) is 20.6. The topological polar surface area (TPSA) is 87.7 Å². The minimum absolute atomic E-state index is 0.101. The normalized spacial score (nSPS) is 14.2. The van der Waals surface area contributed by atoms with Crippen LogP contribution in [-0.4, -0.2) is 51.7 Å². The van der Waals surface area contributed by atoms with Crippen LogP contribution in [-0.2, 0) is 10.0 Å².